The molecule has 0 saturated carbocycles. The number of fused-ring (bicyclic) bond motifs is 1. The summed E-state index contributed by atoms with van der Waals surface area (Å²) in [6, 6.07) is 0. The Morgan fingerprint density at radius 3 is 3.08 bits per heavy atom. The van der Waals surface area contributed by atoms with E-state index in [-0.39, 0.29) is 24.2 Å². The van der Waals surface area contributed by atoms with E-state index < -0.39 is 0 Å². The number of likely N-dealkylation sites (tertiary alicyclic amines) is 1. The molecule has 1 fully saturated rings. The number of ketones is 1. The van der Waals surface area contributed by atoms with Crippen molar-refractivity contribution in [3.63, 3.8) is 0 Å². The summed E-state index contributed by atoms with van der Waals surface area (Å²) in [4.78, 5) is 24.2. The molecule has 2 rings (SSSR count). The van der Waals surface area contributed by atoms with E-state index in [0.717, 1.165) is 12.1 Å². The molecular weight excluding hydrogens is 166 g/mol. The van der Waals surface area contributed by atoms with Gasteiger partial charge in [-0.3, -0.25) is 9.59 Å². The van der Waals surface area contributed by atoms with Crippen molar-refractivity contribution in [3.8, 4) is 0 Å². The lowest BCUT2D eigenvalue weighted by Crippen LogP contribution is -2.25. The number of allylic oxidation sites excluding steroid dienone is 4. The monoisotopic (exact) mass is 177 g/mol. The summed E-state index contributed by atoms with van der Waals surface area (Å²) < 4.78 is 0. The molecule has 1 atom stereocenters. The number of hydrogen-bond donors (Lipinski definition) is 0. The van der Waals surface area contributed by atoms with Crippen molar-refractivity contribution in [2.24, 2.45) is 5.92 Å². The van der Waals surface area contributed by atoms with Gasteiger partial charge in [0.2, 0.25) is 5.91 Å². The largest absolute Gasteiger partial charge is 0.308 e. The van der Waals surface area contributed by atoms with E-state index >= 15 is 0 Å². The highest BCUT2D eigenvalue weighted by Crippen LogP contribution is 2.30. The normalized spacial score (nSPS) is 25.9. The first-order valence-electron chi connectivity index (χ1n) is 4.37. The summed E-state index contributed by atoms with van der Waals surface area (Å²) in [6.07, 6.45) is 6.48. The molecule has 13 heavy (non-hydrogen) atoms. The summed E-state index contributed by atoms with van der Waals surface area (Å²) in [5.41, 5.74) is 0.875. The second-order valence-electron chi connectivity index (χ2n) is 3.38. The molecule has 1 heterocycles. The van der Waals surface area contributed by atoms with Gasteiger partial charge in [0.1, 0.15) is 0 Å². The van der Waals surface area contributed by atoms with Crippen LogP contribution in [0.5, 0.6) is 0 Å². The van der Waals surface area contributed by atoms with Gasteiger partial charge in [-0.05, 0) is 12.5 Å². The summed E-state index contributed by atoms with van der Waals surface area (Å²) >= 11 is 0. The SMILES string of the molecule is CC(=O)N1CC(=O)C2CC=CC=C21. The van der Waals surface area contributed by atoms with E-state index in [1.54, 1.807) is 4.90 Å². The molecule has 1 unspecified atom stereocenters. The van der Waals surface area contributed by atoms with Crippen LogP contribution in [0.1, 0.15) is 13.3 Å². The molecular formula is C10H11NO2. The quantitative estimate of drug-likeness (QED) is 0.550. The smallest absolute Gasteiger partial charge is 0.224 e. The third-order valence-electron chi connectivity index (χ3n) is 2.53. The Morgan fingerprint density at radius 1 is 1.62 bits per heavy atom. The van der Waals surface area contributed by atoms with Gasteiger partial charge in [-0.25, -0.2) is 0 Å². The van der Waals surface area contributed by atoms with Crippen LogP contribution >= 0.6 is 0 Å². The fourth-order valence-electron chi connectivity index (χ4n) is 1.84. The third kappa shape index (κ3) is 1.20. The van der Waals surface area contributed by atoms with Crippen molar-refractivity contribution in [1.82, 2.24) is 4.90 Å². The third-order valence-corrected chi connectivity index (χ3v) is 2.53. The minimum Gasteiger partial charge on any atom is -0.308 e. The Morgan fingerprint density at radius 2 is 2.38 bits per heavy atom. The van der Waals surface area contributed by atoms with Crippen molar-refractivity contribution in [1.29, 1.82) is 0 Å². The number of nitrogens with zero attached hydrogens (tertiary/aromatic N) is 1. The van der Waals surface area contributed by atoms with Crippen molar-refractivity contribution in [3.05, 3.63) is 23.9 Å². The Kier molecular flexibility index (Phi) is 1.79. The Hall–Kier alpha value is -1.38. The van der Waals surface area contributed by atoms with Crippen molar-refractivity contribution < 1.29 is 9.59 Å². The number of carbonyl (C=O) groups excluding carboxylic acids is 2. The zero-order valence-corrected chi connectivity index (χ0v) is 7.49. The van der Waals surface area contributed by atoms with Crippen LogP contribution in [0.2, 0.25) is 0 Å². The lowest BCUT2D eigenvalue weighted by Gasteiger charge is -2.18. The van der Waals surface area contributed by atoms with E-state index in [4.69, 9.17) is 0 Å². The maximum Gasteiger partial charge on any atom is 0.224 e. The summed E-state index contributed by atoms with van der Waals surface area (Å²) in [7, 11) is 0. The fraction of sp³-hybridized carbons (Fsp3) is 0.400. The van der Waals surface area contributed by atoms with Crippen LogP contribution in [0, 0.1) is 5.92 Å². The van der Waals surface area contributed by atoms with Gasteiger partial charge in [-0.1, -0.05) is 12.2 Å². The molecule has 0 aromatic heterocycles. The Labute approximate surface area is 76.7 Å². The molecule has 0 N–H and O–H groups in total. The van der Waals surface area contributed by atoms with Gasteiger partial charge in [0.25, 0.3) is 0 Å². The molecule has 0 radical (unpaired) electrons. The molecule has 68 valence electrons. The highest BCUT2D eigenvalue weighted by Gasteiger charge is 2.36. The first-order valence-corrected chi connectivity index (χ1v) is 4.37. The van der Waals surface area contributed by atoms with Crippen LogP contribution in [0.4, 0.5) is 0 Å². The van der Waals surface area contributed by atoms with Crippen LogP contribution in [0.25, 0.3) is 0 Å². The zero-order valence-electron chi connectivity index (χ0n) is 7.49. The van der Waals surface area contributed by atoms with Crippen molar-refractivity contribution >= 4 is 11.7 Å². The Bertz CT molecular complexity index is 328. The maximum absolute atomic E-state index is 11.5. The first kappa shape index (κ1) is 8.23. The predicted octanol–water partition coefficient (Wildman–Crippen LogP) is 0.878. The number of Topliss-reactive ketones (excluding diaryl/α,β-unsaturated/α-hetero) is 1. The molecule has 2 aliphatic rings. The highest BCUT2D eigenvalue weighted by atomic mass is 16.2. The van der Waals surface area contributed by atoms with E-state index in [9.17, 15) is 9.59 Å². The van der Waals surface area contributed by atoms with Crippen LogP contribution in [-0.2, 0) is 9.59 Å². The van der Waals surface area contributed by atoms with Gasteiger partial charge in [-0.15, -0.1) is 0 Å². The minimum absolute atomic E-state index is 0.0441. The average Bonchev–Trinajstić information content (AvgIpc) is 2.45. The zero-order chi connectivity index (χ0) is 9.42. The summed E-state index contributed by atoms with van der Waals surface area (Å²) in [5, 5.41) is 0. The molecule has 1 aliphatic heterocycles. The second-order valence-corrected chi connectivity index (χ2v) is 3.38. The predicted molar refractivity (Wildman–Crippen MR) is 47.7 cm³/mol. The fourth-order valence-corrected chi connectivity index (χ4v) is 1.84. The van der Waals surface area contributed by atoms with E-state index in [1.807, 2.05) is 18.2 Å². The first-order chi connectivity index (χ1) is 6.20. The highest BCUT2D eigenvalue weighted by molar-refractivity contribution is 5.94. The summed E-state index contributed by atoms with van der Waals surface area (Å²) in [5.74, 6) is 0.0529. The maximum atomic E-state index is 11.5. The van der Waals surface area contributed by atoms with Crippen molar-refractivity contribution in [2.75, 3.05) is 6.54 Å². The van der Waals surface area contributed by atoms with Crippen LogP contribution < -0.4 is 0 Å². The van der Waals surface area contributed by atoms with Gasteiger partial charge < -0.3 is 4.90 Å². The van der Waals surface area contributed by atoms with E-state index in [2.05, 4.69) is 0 Å². The van der Waals surface area contributed by atoms with E-state index in [0.29, 0.717) is 0 Å². The lowest BCUT2D eigenvalue weighted by atomic mass is 9.96. The molecule has 1 saturated heterocycles. The topological polar surface area (TPSA) is 37.4 Å². The summed E-state index contributed by atoms with van der Waals surface area (Å²) in [6.45, 7) is 1.75. The van der Waals surface area contributed by atoms with Crippen LogP contribution in [0.3, 0.4) is 0 Å². The number of rotatable bonds is 0. The molecule has 3 nitrogen and oxygen atoms in total. The van der Waals surface area contributed by atoms with Crippen LogP contribution in [0.15, 0.2) is 23.9 Å². The number of amides is 1. The molecule has 0 aromatic carbocycles. The van der Waals surface area contributed by atoms with Gasteiger partial charge in [-0.2, -0.15) is 0 Å². The Balaban J connectivity index is 2.35. The number of carbonyl (C=O) groups is 2. The molecule has 1 amide bonds. The van der Waals surface area contributed by atoms with Gasteiger partial charge in [0, 0.05) is 12.6 Å². The molecule has 0 spiro atoms. The molecule has 3 heteroatoms. The molecule has 1 aliphatic carbocycles. The van der Waals surface area contributed by atoms with Crippen LogP contribution in [-0.4, -0.2) is 23.1 Å². The van der Waals surface area contributed by atoms with E-state index in [1.165, 1.54) is 6.92 Å². The number of hydrogen-bond acceptors (Lipinski definition) is 2. The van der Waals surface area contributed by atoms with Crippen molar-refractivity contribution in [2.45, 2.75) is 13.3 Å². The second kappa shape index (κ2) is 2.83. The lowest BCUT2D eigenvalue weighted by molar-refractivity contribution is -0.128. The van der Waals surface area contributed by atoms with Gasteiger partial charge >= 0.3 is 0 Å². The molecule has 0 aromatic rings. The molecule has 0 bridgehead atoms. The van der Waals surface area contributed by atoms with Gasteiger partial charge in [0.15, 0.2) is 5.78 Å². The standard InChI is InChI=1S/C10H11NO2/c1-7(12)11-6-10(13)8-4-2-3-5-9(8)11/h2-3,5,8H,4,6H2,1H3. The average molecular weight is 177 g/mol. The minimum atomic E-state index is -0.0612. The van der Waals surface area contributed by atoms with Gasteiger partial charge in [0.05, 0.1) is 12.5 Å².